The average Bonchev–Trinajstić information content (AvgIpc) is 2.18. The van der Waals surface area contributed by atoms with Crippen LogP contribution in [0.25, 0.3) is 6.08 Å². The fourth-order valence-corrected chi connectivity index (χ4v) is 1.10. The van der Waals surface area contributed by atoms with Crippen molar-refractivity contribution in [2.75, 3.05) is 5.73 Å². The van der Waals surface area contributed by atoms with Gasteiger partial charge in [-0.3, -0.25) is 9.36 Å². The third-order valence-corrected chi connectivity index (χ3v) is 2.04. The number of aromatic nitrogens is 2. The van der Waals surface area contributed by atoms with E-state index in [1.54, 1.807) is 13.1 Å². The van der Waals surface area contributed by atoms with Crippen molar-refractivity contribution in [3.63, 3.8) is 0 Å². The molecular formula is C10H18Cl2N4O. The van der Waals surface area contributed by atoms with Gasteiger partial charge in [-0.1, -0.05) is 12.2 Å². The molecule has 1 heterocycles. The first-order chi connectivity index (χ1) is 7.02. The Hall–Kier alpha value is -1.04. The molecule has 1 atom stereocenters. The first-order valence-corrected chi connectivity index (χ1v) is 4.76. The van der Waals surface area contributed by atoms with Crippen molar-refractivity contribution >= 4 is 36.8 Å². The molecule has 5 nitrogen and oxygen atoms in total. The second kappa shape index (κ2) is 8.11. The van der Waals surface area contributed by atoms with Crippen molar-refractivity contribution in [2.45, 2.75) is 19.4 Å². The first-order valence-electron chi connectivity index (χ1n) is 4.76. The molecule has 0 radical (unpaired) electrons. The third kappa shape index (κ3) is 5.21. The van der Waals surface area contributed by atoms with Crippen molar-refractivity contribution in [2.24, 2.45) is 12.8 Å². The molecule has 0 bridgehead atoms. The molecule has 1 aromatic heterocycles. The van der Waals surface area contributed by atoms with Crippen molar-refractivity contribution in [3.05, 3.63) is 28.2 Å². The zero-order valence-corrected chi connectivity index (χ0v) is 11.4. The molecule has 7 heteroatoms. The zero-order valence-electron chi connectivity index (χ0n) is 9.79. The molecule has 1 rings (SSSR count). The molecule has 0 aliphatic heterocycles. The molecule has 0 saturated carbocycles. The van der Waals surface area contributed by atoms with Crippen LogP contribution >= 0.6 is 24.8 Å². The fourth-order valence-electron chi connectivity index (χ4n) is 1.10. The van der Waals surface area contributed by atoms with Crippen molar-refractivity contribution in [1.29, 1.82) is 0 Å². The van der Waals surface area contributed by atoms with Gasteiger partial charge in [-0.2, -0.15) is 0 Å². The van der Waals surface area contributed by atoms with E-state index in [1.807, 2.05) is 13.0 Å². The molecule has 0 aliphatic carbocycles. The van der Waals surface area contributed by atoms with Gasteiger partial charge in [0.15, 0.2) is 0 Å². The highest BCUT2D eigenvalue weighted by molar-refractivity contribution is 5.85. The number of hydrogen-bond acceptors (Lipinski definition) is 4. The summed E-state index contributed by atoms with van der Waals surface area (Å²) in [5, 5.41) is 0. The van der Waals surface area contributed by atoms with Gasteiger partial charge in [0.2, 0.25) is 5.95 Å². The Kier molecular flexibility index (Phi) is 8.74. The van der Waals surface area contributed by atoms with E-state index in [0.29, 0.717) is 5.56 Å². The number of anilines is 1. The highest BCUT2D eigenvalue weighted by Crippen LogP contribution is 1.98. The summed E-state index contributed by atoms with van der Waals surface area (Å²) < 4.78 is 1.31. The van der Waals surface area contributed by atoms with Gasteiger partial charge >= 0.3 is 0 Å². The molecular weight excluding hydrogens is 263 g/mol. The number of nitrogen functional groups attached to an aromatic ring is 1. The van der Waals surface area contributed by atoms with Gasteiger partial charge < -0.3 is 11.5 Å². The van der Waals surface area contributed by atoms with Crippen molar-refractivity contribution < 1.29 is 0 Å². The van der Waals surface area contributed by atoms with Crippen LogP contribution in [0.1, 0.15) is 18.9 Å². The summed E-state index contributed by atoms with van der Waals surface area (Å²) in [6.45, 7) is 1.91. The average molecular weight is 281 g/mol. The minimum Gasteiger partial charge on any atom is -0.369 e. The SMILES string of the molecule is C[C@H](N)C/C=C/c1cnc(N)n(C)c1=O.Cl.Cl. The highest BCUT2D eigenvalue weighted by Gasteiger charge is 2.01. The van der Waals surface area contributed by atoms with Gasteiger partial charge in [-0.15, -0.1) is 24.8 Å². The summed E-state index contributed by atoms with van der Waals surface area (Å²) in [7, 11) is 1.59. The zero-order chi connectivity index (χ0) is 11.4. The summed E-state index contributed by atoms with van der Waals surface area (Å²) in [5.74, 6) is 0.212. The monoisotopic (exact) mass is 280 g/mol. The lowest BCUT2D eigenvalue weighted by atomic mass is 10.2. The van der Waals surface area contributed by atoms with Crippen LogP contribution in [0.4, 0.5) is 5.95 Å². The van der Waals surface area contributed by atoms with Crippen LogP contribution < -0.4 is 17.0 Å². The molecule has 4 N–H and O–H groups in total. The topological polar surface area (TPSA) is 86.9 Å². The molecule has 0 aliphatic rings. The van der Waals surface area contributed by atoms with Gasteiger partial charge in [0, 0.05) is 19.3 Å². The van der Waals surface area contributed by atoms with Gasteiger partial charge in [0.05, 0.1) is 5.56 Å². The number of halogens is 2. The lowest BCUT2D eigenvalue weighted by Gasteiger charge is -2.02. The Morgan fingerprint density at radius 1 is 1.53 bits per heavy atom. The molecule has 0 saturated heterocycles. The molecule has 0 unspecified atom stereocenters. The number of nitrogens with zero attached hydrogens (tertiary/aromatic N) is 2. The van der Waals surface area contributed by atoms with E-state index in [0.717, 1.165) is 6.42 Å². The maximum atomic E-state index is 11.6. The van der Waals surface area contributed by atoms with E-state index in [2.05, 4.69) is 4.98 Å². The van der Waals surface area contributed by atoms with Crippen LogP contribution in [0.15, 0.2) is 17.1 Å². The second-order valence-electron chi connectivity index (χ2n) is 3.55. The molecule has 0 fully saturated rings. The van der Waals surface area contributed by atoms with Crippen LogP contribution in [0.5, 0.6) is 0 Å². The molecule has 17 heavy (non-hydrogen) atoms. The van der Waals surface area contributed by atoms with E-state index in [1.165, 1.54) is 10.8 Å². The summed E-state index contributed by atoms with van der Waals surface area (Å²) in [6.07, 6.45) is 5.78. The summed E-state index contributed by atoms with van der Waals surface area (Å²) in [4.78, 5) is 15.5. The van der Waals surface area contributed by atoms with Crippen LogP contribution in [0.2, 0.25) is 0 Å². The summed E-state index contributed by atoms with van der Waals surface area (Å²) in [5.41, 5.74) is 11.4. The van der Waals surface area contributed by atoms with E-state index in [9.17, 15) is 4.79 Å². The van der Waals surface area contributed by atoms with E-state index in [-0.39, 0.29) is 42.4 Å². The minimum atomic E-state index is -0.150. The van der Waals surface area contributed by atoms with Gasteiger partial charge in [0.1, 0.15) is 0 Å². The maximum Gasteiger partial charge on any atom is 0.261 e. The Balaban J connectivity index is 0. The summed E-state index contributed by atoms with van der Waals surface area (Å²) >= 11 is 0. The predicted molar refractivity (Wildman–Crippen MR) is 75.7 cm³/mol. The maximum absolute atomic E-state index is 11.6. The molecule has 0 aromatic carbocycles. The van der Waals surface area contributed by atoms with Crippen LogP contribution in [-0.4, -0.2) is 15.6 Å². The second-order valence-corrected chi connectivity index (χ2v) is 3.55. The number of rotatable bonds is 3. The highest BCUT2D eigenvalue weighted by atomic mass is 35.5. The molecule has 1 aromatic rings. The molecule has 0 amide bonds. The largest absolute Gasteiger partial charge is 0.369 e. The molecule has 98 valence electrons. The lowest BCUT2D eigenvalue weighted by Crippen LogP contribution is -2.22. The van der Waals surface area contributed by atoms with Gasteiger partial charge in [-0.05, 0) is 13.3 Å². The van der Waals surface area contributed by atoms with Crippen molar-refractivity contribution in [1.82, 2.24) is 9.55 Å². The van der Waals surface area contributed by atoms with E-state index < -0.39 is 0 Å². The molecule has 0 spiro atoms. The Morgan fingerprint density at radius 2 is 2.12 bits per heavy atom. The van der Waals surface area contributed by atoms with Crippen LogP contribution in [0.3, 0.4) is 0 Å². The van der Waals surface area contributed by atoms with E-state index in [4.69, 9.17) is 11.5 Å². The third-order valence-electron chi connectivity index (χ3n) is 2.04. The Labute approximate surface area is 113 Å². The van der Waals surface area contributed by atoms with Crippen molar-refractivity contribution in [3.8, 4) is 0 Å². The van der Waals surface area contributed by atoms with Crippen LogP contribution in [-0.2, 0) is 7.05 Å². The lowest BCUT2D eigenvalue weighted by molar-refractivity contribution is 0.758. The Morgan fingerprint density at radius 3 is 2.65 bits per heavy atom. The quantitative estimate of drug-likeness (QED) is 0.863. The minimum absolute atomic E-state index is 0. The van der Waals surface area contributed by atoms with Gasteiger partial charge in [0.25, 0.3) is 5.56 Å². The predicted octanol–water partition coefficient (Wildman–Crippen LogP) is 0.957. The van der Waals surface area contributed by atoms with E-state index >= 15 is 0 Å². The van der Waals surface area contributed by atoms with Crippen LogP contribution in [0, 0.1) is 0 Å². The summed E-state index contributed by atoms with van der Waals surface area (Å²) in [6, 6.07) is 0.0897. The number of nitrogens with two attached hydrogens (primary N) is 2. The Bertz CT molecular complexity index is 429. The first kappa shape index (κ1) is 18.3. The standard InChI is InChI=1S/C10H16N4O.2ClH/c1-7(11)4-3-5-8-6-13-10(12)14(2)9(8)15;;/h3,5-7H,4,11H2,1-2H3,(H2,12,13);2*1H/b5-3+;;/t7-;;/m0../s1. The normalized spacial score (nSPS) is 11.7. The number of hydrogen-bond donors (Lipinski definition) is 2. The fraction of sp³-hybridized carbons (Fsp3) is 0.400. The smallest absolute Gasteiger partial charge is 0.261 e. The van der Waals surface area contributed by atoms with Gasteiger partial charge in [-0.25, -0.2) is 4.98 Å².